The highest BCUT2D eigenvalue weighted by molar-refractivity contribution is 5.88. The van der Waals surface area contributed by atoms with Crippen LogP contribution in [-0.4, -0.2) is 51.7 Å². The van der Waals surface area contributed by atoms with Gasteiger partial charge in [0.15, 0.2) is 6.10 Å². The average Bonchev–Trinajstić information content (AvgIpc) is 2.76. The van der Waals surface area contributed by atoms with Crippen LogP contribution in [0, 0.1) is 0 Å². The van der Waals surface area contributed by atoms with Gasteiger partial charge in [0.1, 0.15) is 0 Å². The van der Waals surface area contributed by atoms with Crippen molar-refractivity contribution in [3.8, 4) is 0 Å². The molecule has 114 valence electrons. The third-order valence-electron chi connectivity index (χ3n) is 2.55. The van der Waals surface area contributed by atoms with E-state index in [1.165, 1.54) is 6.20 Å². The predicted molar refractivity (Wildman–Crippen MR) is 66.3 cm³/mol. The number of aliphatic hydroxyl groups is 1. The van der Waals surface area contributed by atoms with Crippen LogP contribution < -0.4 is 5.32 Å². The molecule has 0 saturated carbocycles. The van der Waals surface area contributed by atoms with Crippen LogP contribution in [0.5, 0.6) is 0 Å². The quantitative estimate of drug-likeness (QED) is 0.890. The summed E-state index contributed by atoms with van der Waals surface area (Å²) in [6.45, 7) is 2.95. The number of hydrogen-bond donors (Lipinski definition) is 2. The number of carbonyl (C=O) groups is 1. The van der Waals surface area contributed by atoms with Gasteiger partial charge >= 0.3 is 12.2 Å². The molecular weight excluding hydrogens is 277 g/mol. The zero-order valence-electron chi connectivity index (χ0n) is 11.3. The topological polar surface area (TPSA) is 70.4 Å². The van der Waals surface area contributed by atoms with Crippen molar-refractivity contribution in [2.75, 3.05) is 18.9 Å². The maximum absolute atomic E-state index is 12.2. The second-order valence-corrected chi connectivity index (χ2v) is 4.67. The highest BCUT2D eigenvalue weighted by atomic mass is 19.4. The SMILES string of the molecule is CC(C)n1cc(NC(=O)N(C)CC(O)C(F)(F)F)cn1. The Balaban J connectivity index is 2.57. The summed E-state index contributed by atoms with van der Waals surface area (Å²) in [5.74, 6) is 0. The Kier molecular flexibility index (Phi) is 4.98. The maximum Gasteiger partial charge on any atom is 0.416 e. The standard InChI is InChI=1S/C11H17F3N4O2/c1-7(2)18-5-8(4-15-18)16-10(20)17(3)6-9(19)11(12,13)14/h4-5,7,9,19H,6H2,1-3H3,(H,16,20). The molecule has 1 heterocycles. The molecule has 0 aliphatic carbocycles. The molecule has 1 atom stereocenters. The molecule has 0 spiro atoms. The zero-order chi connectivity index (χ0) is 15.5. The fourth-order valence-corrected chi connectivity index (χ4v) is 1.35. The molecular formula is C11H17F3N4O2. The van der Waals surface area contributed by atoms with Gasteiger partial charge in [-0.3, -0.25) is 4.68 Å². The second-order valence-electron chi connectivity index (χ2n) is 4.67. The highest BCUT2D eigenvalue weighted by Gasteiger charge is 2.39. The minimum absolute atomic E-state index is 0.102. The van der Waals surface area contributed by atoms with Crippen LogP contribution in [0.1, 0.15) is 19.9 Å². The number of likely N-dealkylation sites (N-methyl/N-ethyl adjacent to an activating group) is 1. The van der Waals surface area contributed by atoms with E-state index in [-0.39, 0.29) is 6.04 Å². The minimum atomic E-state index is -4.75. The normalized spacial score (nSPS) is 13.4. The minimum Gasteiger partial charge on any atom is -0.382 e. The molecule has 1 aromatic heterocycles. The van der Waals surface area contributed by atoms with Crippen LogP contribution in [-0.2, 0) is 0 Å². The van der Waals surface area contributed by atoms with Gasteiger partial charge in [0.25, 0.3) is 0 Å². The van der Waals surface area contributed by atoms with Crippen LogP contribution in [0.2, 0.25) is 0 Å². The molecule has 0 bridgehead atoms. The van der Waals surface area contributed by atoms with Crippen molar-refractivity contribution in [3.63, 3.8) is 0 Å². The molecule has 2 amide bonds. The first-order valence-corrected chi connectivity index (χ1v) is 5.92. The van der Waals surface area contributed by atoms with E-state index in [4.69, 9.17) is 5.11 Å². The van der Waals surface area contributed by atoms with E-state index >= 15 is 0 Å². The Bertz CT molecular complexity index is 459. The predicted octanol–water partition coefficient (Wildman–Crippen LogP) is 1.85. The molecule has 1 rings (SSSR count). The molecule has 0 aromatic carbocycles. The van der Waals surface area contributed by atoms with Gasteiger partial charge in [0.05, 0.1) is 18.4 Å². The Labute approximate surface area is 114 Å². The van der Waals surface area contributed by atoms with E-state index in [1.807, 2.05) is 13.8 Å². The summed E-state index contributed by atoms with van der Waals surface area (Å²) in [6.07, 6.45) is -4.36. The number of urea groups is 1. The molecule has 0 radical (unpaired) electrons. The lowest BCUT2D eigenvalue weighted by Gasteiger charge is -2.22. The van der Waals surface area contributed by atoms with Crippen LogP contribution in [0.4, 0.5) is 23.7 Å². The van der Waals surface area contributed by atoms with Crippen molar-refractivity contribution in [2.45, 2.75) is 32.2 Å². The third-order valence-corrected chi connectivity index (χ3v) is 2.55. The lowest BCUT2D eigenvalue weighted by molar-refractivity contribution is -0.205. The molecule has 1 unspecified atom stereocenters. The van der Waals surface area contributed by atoms with Gasteiger partial charge in [-0.25, -0.2) is 4.79 Å². The number of alkyl halides is 3. The first-order chi connectivity index (χ1) is 9.11. The Hall–Kier alpha value is -1.77. The summed E-state index contributed by atoms with van der Waals surface area (Å²) in [6, 6.07) is -0.651. The van der Waals surface area contributed by atoms with Crippen LogP contribution in [0.15, 0.2) is 12.4 Å². The molecule has 0 fully saturated rings. The lowest BCUT2D eigenvalue weighted by Crippen LogP contribution is -2.43. The number of halogens is 3. The average molecular weight is 294 g/mol. The van der Waals surface area contributed by atoms with Crippen LogP contribution in [0.3, 0.4) is 0 Å². The molecule has 0 aliphatic heterocycles. The Morgan fingerprint density at radius 3 is 2.60 bits per heavy atom. The summed E-state index contributed by atoms with van der Waals surface area (Å²) >= 11 is 0. The number of aromatic nitrogens is 2. The fraction of sp³-hybridized carbons (Fsp3) is 0.636. The number of hydrogen-bond acceptors (Lipinski definition) is 3. The van der Waals surface area contributed by atoms with Gasteiger partial charge < -0.3 is 15.3 Å². The summed E-state index contributed by atoms with van der Waals surface area (Å²) in [4.78, 5) is 12.4. The maximum atomic E-state index is 12.2. The smallest absolute Gasteiger partial charge is 0.382 e. The Morgan fingerprint density at radius 1 is 1.55 bits per heavy atom. The first kappa shape index (κ1) is 16.3. The molecule has 9 heteroatoms. The number of nitrogens with zero attached hydrogens (tertiary/aromatic N) is 3. The van der Waals surface area contributed by atoms with Gasteiger partial charge in [-0.05, 0) is 13.8 Å². The number of rotatable bonds is 4. The number of anilines is 1. The lowest BCUT2D eigenvalue weighted by atomic mass is 10.3. The molecule has 6 nitrogen and oxygen atoms in total. The second kappa shape index (κ2) is 6.12. The zero-order valence-corrected chi connectivity index (χ0v) is 11.3. The number of carbonyl (C=O) groups excluding carboxylic acids is 1. The van der Waals surface area contributed by atoms with E-state index in [0.717, 1.165) is 11.9 Å². The molecule has 0 saturated heterocycles. The van der Waals surface area contributed by atoms with Gasteiger partial charge in [0, 0.05) is 19.3 Å². The van der Waals surface area contributed by atoms with Gasteiger partial charge in [-0.2, -0.15) is 18.3 Å². The van der Waals surface area contributed by atoms with Gasteiger partial charge in [-0.15, -0.1) is 0 Å². The van der Waals surface area contributed by atoms with Gasteiger partial charge in [0.2, 0.25) is 0 Å². The van der Waals surface area contributed by atoms with Crippen molar-refractivity contribution in [1.29, 1.82) is 0 Å². The molecule has 0 aliphatic rings. The van der Waals surface area contributed by atoms with Gasteiger partial charge in [-0.1, -0.05) is 0 Å². The van der Waals surface area contributed by atoms with Crippen molar-refractivity contribution >= 4 is 11.7 Å². The van der Waals surface area contributed by atoms with E-state index in [9.17, 15) is 18.0 Å². The van der Waals surface area contributed by atoms with E-state index < -0.39 is 24.9 Å². The summed E-state index contributed by atoms with van der Waals surface area (Å²) in [5, 5.41) is 15.3. The van der Waals surface area contributed by atoms with E-state index in [0.29, 0.717) is 5.69 Å². The monoisotopic (exact) mass is 294 g/mol. The number of nitrogens with one attached hydrogen (secondary N) is 1. The molecule has 20 heavy (non-hydrogen) atoms. The summed E-state index contributed by atoms with van der Waals surface area (Å²) in [5.41, 5.74) is 0.372. The number of aliphatic hydroxyl groups excluding tert-OH is 1. The Morgan fingerprint density at radius 2 is 2.15 bits per heavy atom. The highest BCUT2D eigenvalue weighted by Crippen LogP contribution is 2.20. The van der Waals surface area contributed by atoms with Crippen molar-refractivity contribution < 1.29 is 23.1 Å². The van der Waals surface area contributed by atoms with Crippen molar-refractivity contribution in [3.05, 3.63) is 12.4 Å². The fourth-order valence-electron chi connectivity index (χ4n) is 1.35. The first-order valence-electron chi connectivity index (χ1n) is 5.92. The molecule has 1 aromatic rings. The largest absolute Gasteiger partial charge is 0.416 e. The number of amides is 2. The van der Waals surface area contributed by atoms with E-state index in [1.54, 1.807) is 10.9 Å². The van der Waals surface area contributed by atoms with Crippen LogP contribution in [0.25, 0.3) is 0 Å². The molecule has 2 N–H and O–H groups in total. The summed E-state index contributed by atoms with van der Waals surface area (Å²) < 4.78 is 38.1. The van der Waals surface area contributed by atoms with Crippen LogP contribution >= 0.6 is 0 Å². The van der Waals surface area contributed by atoms with E-state index in [2.05, 4.69) is 10.4 Å². The summed E-state index contributed by atoms with van der Waals surface area (Å²) in [7, 11) is 1.16. The van der Waals surface area contributed by atoms with Crippen molar-refractivity contribution in [1.82, 2.24) is 14.7 Å². The third kappa shape index (κ3) is 4.41. The van der Waals surface area contributed by atoms with Crippen molar-refractivity contribution in [2.24, 2.45) is 0 Å².